The summed E-state index contributed by atoms with van der Waals surface area (Å²) in [5.74, 6) is 0.820. The molecule has 0 radical (unpaired) electrons. The third kappa shape index (κ3) is 6.23. The molecule has 4 heteroatoms. The summed E-state index contributed by atoms with van der Waals surface area (Å²) in [5.41, 5.74) is 0. The Kier molecular flexibility index (Phi) is 6.19. The number of carbonyl (C=O) groups is 1. The molecule has 0 aliphatic rings. The Labute approximate surface area is 107 Å². The average molecular weight is 253 g/mol. The molecule has 0 saturated heterocycles. The average Bonchev–Trinajstić information content (AvgIpc) is 2.30. The van der Waals surface area contributed by atoms with Gasteiger partial charge in [0, 0.05) is 13.0 Å². The maximum Gasteiger partial charge on any atom is 0.220 e. The summed E-state index contributed by atoms with van der Waals surface area (Å²) >= 11 is 0. The highest BCUT2D eigenvalue weighted by Gasteiger charge is 2.03. The first-order valence-electron chi connectivity index (χ1n) is 6.23. The van der Waals surface area contributed by atoms with Crippen molar-refractivity contribution >= 4 is 5.91 Å². The van der Waals surface area contributed by atoms with Crippen molar-refractivity contribution in [2.75, 3.05) is 13.2 Å². The lowest BCUT2D eigenvalue weighted by molar-refractivity contribution is -0.121. The largest absolute Gasteiger partial charge is 0.494 e. The van der Waals surface area contributed by atoms with Gasteiger partial charge in [-0.05, 0) is 36.6 Å². The molecular weight excluding hydrogens is 233 g/mol. The summed E-state index contributed by atoms with van der Waals surface area (Å²) in [6.45, 7) is 5.13. The van der Waals surface area contributed by atoms with Gasteiger partial charge < -0.3 is 10.1 Å². The van der Waals surface area contributed by atoms with Gasteiger partial charge in [-0.15, -0.1) is 0 Å². The fraction of sp³-hybridized carbons (Fsp3) is 0.500. The zero-order chi connectivity index (χ0) is 13.4. The van der Waals surface area contributed by atoms with Gasteiger partial charge in [0.05, 0.1) is 6.61 Å². The summed E-state index contributed by atoms with van der Waals surface area (Å²) in [6.07, 6.45) is 1.29. The highest BCUT2D eigenvalue weighted by atomic mass is 19.1. The van der Waals surface area contributed by atoms with Crippen molar-refractivity contribution in [3.8, 4) is 5.75 Å². The van der Waals surface area contributed by atoms with Crippen LogP contribution in [0.15, 0.2) is 24.3 Å². The number of hydrogen-bond acceptors (Lipinski definition) is 2. The molecule has 18 heavy (non-hydrogen) atoms. The third-order valence-electron chi connectivity index (χ3n) is 2.32. The maximum atomic E-state index is 12.6. The number of nitrogens with one attached hydrogen (secondary N) is 1. The molecular formula is C14H20FNO2. The SMILES string of the molecule is CC(C)CC(=O)NCCCOc1ccc(F)cc1. The zero-order valence-corrected chi connectivity index (χ0v) is 10.9. The number of ether oxygens (including phenoxy) is 1. The van der Waals surface area contributed by atoms with E-state index in [4.69, 9.17) is 4.74 Å². The lowest BCUT2D eigenvalue weighted by Gasteiger charge is -2.08. The van der Waals surface area contributed by atoms with E-state index in [0.717, 1.165) is 6.42 Å². The van der Waals surface area contributed by atoms with Crippen LogP contribution >= 0.6 is 0 Å². The molecule has 0 aliphatic heterocycles. The van der Waals surface area contributed by atoms with Crippen molar-refractivity contribution in [3.63, 3.8) is 0 Å². The van der Waals surface area contributed by atoms with Crippen molar-refractivity contribution < 1.29 is 13.9 Å². The van der Waals surface area contributed by atoms with Crippen LogP contribution < -0.4 is 10.1 Å². The topological polar surface area (TPSA) is 38.3 Å². The van der Waals surface area contributed by atoms with Gasteiger partial charge in [-0.2, -0.15) is 0 Å². The molecule has 0 heterocycles. The Balaban J connectivity index is 2.08. The van der Waals surface area contributed by atoms with E-state index < -0.39 is 0 Å². The minimum atomic E-state index is -0.275. The summed E-state index contributed by atoms with van der Waals surface area (Å²) in [7, 11) is 0. The molecule has 0 aromatic heterocycles. The Bertz CT molecular complexity index is 363. The van der Waals surface area contributed by atoms with Crippen LogP contribution in [0.25, 0.3) is 0 Å². The van der Waals surface area contributed by atoms with E-state index in [-0.39, 0.29) is 11.7 Å². The van der Waals surface area contributed by atoms with Crippen LogP contribution in [0.2, 0.25) is 0 Å². The van der Waals surface area contributed by atoms with E-state index in [1.165, 1.54) is 12.1 Å². The van der Waals surface area contributed by atoms with Gasteiger partial charge in [-0.25, -0.2) is 4.39 Å². The Morgan fingerprint density at radius 2 is 2.00 bits per heavy atom. The van der Waals surface area contributed by atoms with Crippen molar-refractivity contribution in [2.45, 2.75) is 26.7 Å². The standard InChI is InChI=1S/C14H20FNO2/c1-11(2)10-14(17)16-8-3-9-18-13-6-4-12(15)5-7-13/h4-7,11H,3,8-10H2,1-2H3,(H,16,17). The summed E-state index contributed by atoms with van der Waals surface area (Å²) in [5, 5.41) is 2.83. The number of carbonyl (C=O) groups excluding carboxylic acids is 1. The molecule has 0 fully saturated rings. The molecule has 0 unspecified atom stereocenters. The molecule has 0 aliphatic carbocycles. The van der Waals surface area contributed by atoms with Gasteiger partial charge in [-0.3, -0.25) is 4.79 Å². The minimum absolute atomic E-state index is 0.0757. The molecule has 1 aromatic rings. The minimum Gasteiger partial charge on any atom is -0.494 e. The van der Waals surface area contributed by atoms with Gasteiger partial charge in [0.2, 0.25) is 5.91 Å². The van der Waals surface area contributed by atoms with E-state index in [2.05, 4.69) is 5.32 Å². The highest BCUT2D eigenvalue weighted by Crippen LogP contribution is 2.10. The normalized spacial score (nSPS) is 10.4. The van der Waals surface area contributed by atoms with Crippen LogP contribution in [0.5, 0.6) is 5.75 Å². The smallest absolute Gasteiger partial charge is 0.220 e. The third-order valence-corrected chi connectivity index (χ3v) is 2.32. The first-order chi connectivity index (χ1) is 8.58. The van der Waals surface area contributed by atoms with Crippen LogP contribution in [-0.4, -0.2) is 19.1 Å². The lowest BCUT2D eigenvalue weighted by atomic mass is 10.1. The molecule has 0 bridgehead atoms. The second-order valence-corrected chi connectivity index (χ2v) is 4.60. The first kappa shape index (κ1) is 14.5. The van der Waals surface area contributed by atoms with E-state index in [0.29, 0.717) is 31.2 Å². The summed E-state index contributed by atoms with van der Waals surface area (Å²) in [6, 6.07) is 5.90. The fourth-order valence-corrected chi connectivity index (χ4v) is 1.46. The second-order valence-electron chi connectivity index (χ2n) is 4.60. The quantitative estimate of drug-likeness (QED) is 0.759. The summed E-state index contributed by atoms with van der Waals surface area (Å²) in [4.78, 5) is 11.3. The molecule has 3 nitrogen and oxygen atoms in total. The lowest BCUT2D eigenvalue weighted by Crippen LogP contribution is -2.26. The van der Waals surface area contributed by atoms with Gasteiger partial charge in [0.1, 0.15) is 11.6 Å². The number of halogens is 1. The van der Waals surface area contributed by atoms with E-state index in [1.807, 2.05) is 13.8 Å². The van der Waals surface area contributed by atoms with Crippen LogP contribution in [0.1, 0.15) is 26.7 Å². The van der Waals surface area contributed by atoms with Crippen LogP contribution in [0.4, 0.5) is 4.39 Å². The molecule has 1 amide bonds. The molecule has 0 spiro atoms. The number of benzene rings is 1. The van der Waals surface area contributed by atoms with Gasteiger partial charge in [0.15, 0.2) is 0 Å². The van der Waals surface area contributed by atoms with Crippen LogP contribution in [0.3, 0.4) is 0 Å². The molecule has 1 rings (SSSR count). The monoisotopic (exact) mass is 253 g/mol. The van der Waals surface area contributed by atoms with E-state index in [1.54, 1.807) is 12.1 Å². The predicted molar refractivity (Wildman–Crippen MR) is 69.0 cm³/mol. The molecule has 1 N–H and O–H groups in total. The van der Waals surface area contributed by atoms with Crippen LogP contribution in [-0.2, 0) is 4.79 Å². The number of rotatable bonds is 7. The van der Waals surface area contributed by atoms with Crippen molar-refractivity contribution in [2.24, 2.45) is 5.92 Å². The van der Waals surface area contributed by atoms with Gasteiger partial charge in [-0.1, -0.05) is 13.8 Å². The number of hydrogen-bond donors (Lipinski definition) is 1. The predicted octanol–water partition coefficient (Wildman–Crippen LogP) is 2.76. The Hall–Kier alpha value is -1.58. The molecule has 0 atom stereocenters. The van der Waals surface area contributed by atoms with E-state index in [9.17, 15) is 9.18 Å². The van der Waals surface area contributed by atoms with Gasteiger partial charge >= 0.3 is 0 Å². The fourth-order valence-electron chi connectivity index (χ4n) is 1.46. The van der Waals surface area contributed by atoms with Crippen LogP contribution in [0, 0.1) is 11.7 Å². The maximum absolute atomic E-state index is 12.6. The van der Waals surface area contributed by atoms with Crippen molar-refractivity contribution in [3.05, 3.63) is 30.1 Å². The number of amides is 1. The molecule has 1 aromatic carbocycles. The zero-order valence-electron chi connectivity index (χ0n) is 10.9. The Morgan fingerprint density at radius 3 is 2.61 bits per heavy atom. The molecule has 100 valence electrons. The van der Waals surface area contributed by atoms with Gasteiger partial charge in [0.25, 0.3) is 0 Å². The van der Waals surface area contributed by atoms with Crippen molar-refractivity contribution in [1.82, 2.24) is 5.32 Å². The van der Waals surface area contributed by atoms with Crippen molar-refractivity contribution in [1.29, 1.82) is 0 Å². The summed E-state index contributed by atoms with van der Waals surface area (Å²) < 4.78 is 18.0. The highest BCUT2D eigenvalue weighted by molar-refractivity contribution is 5.75. The van der Waals surface area contributed by atoms with E-state index >= 15 is 0 Å². The molecule has 0 saturated carbocycles. The first-order valence-corrected chi connectivity index (χ1v) is 6.23. The second kappa shape index (κ2) is 7.69. The Morgan fingerprint density at radius 1 is 1.33 bits per heavy atom.